The Morgan fingerprint density at radius 3 is 2.62 bits per heavy atom. The van der Waals surface area contributed by atoms with E-state index in [1.807, 2.05) is 36.0 Å². The van der Waals surface area contributed by atoms with Crippen LogP contribution in [0.25, 0.3) is 0 Å². The molecule has 3 heterocycles. The molecule has 3 rings (SSSR count). The summed E-state index contributed by atoms with van der Waals surface area (Å²) in [5.74, 6) is 1.33. The quantitative estimate of drug-likeness (QED) is 0.865. The van der Waals surface area contributed by atoms with Crippen LogP contribution in [0.1, 0.15) is 57.1 Å². The lowest BCUT2D eigenvalue weighted by molar-refractivity contribution is -0.125. The van der Waals surface area contributed by atoms with Crippen LogP contribution in [-0.2, 0) is 11.3 Å². The summed E-state index contributed by atoms with van der Waals surface area (Å²) >= 11 is 0. The number of hydrogen-bond donors (Lipinski definition) is 1. The van der Waals surface area contributed by atoms with E-state index in [9.17, 15) is 4.79 Å². The maximum atomic E-state index is 12.7. The first-order valence-electron chi connectivity index (χ1n) is 9.50. The first-order chi connectivity index (χ1) is 12.5. The maximum absolute atomic E-state index is 12.7. The van der Waals surface area contributed by atoms with Crippen LogP contribution in [0.15, 0.2) is 36.8 Å². The van der Waals surface area contributed by atoms with E-state index in [1.54, 1.807) is 6.20 Å². The number of amides is 1. The molecule has 0 aromatic carbocycles. The molecular formula is C20H29N5O. The van der Waals surface area contributed by atoms with E-state index in [1.165, 1.54) is 0 Å². The zero-order chi connectivity index (χ0) is 18.5. The van der Waals surface area contributed by atoms with Crippen LogP contribution in [-0.4, -0.2) is 44.5 Å². The number of aromatic nitrogens is 3. The number of carbonyl (C=O) groups excluding carboxylic acids is 1. The average Bonchev–Trinajstić information content (AvgIpc) is 3.13. The number of pyridine rings is 1. The van der Waals surface area contributed by atoms with E-state index < -0.39 is 0 Å². The third-order valence-electron chi connectivity index (χ3n) is 5.06. The molecule has 1 atom stereocenters. The molecule has 1 aliphatic heterocycles. The van der Waals surface area contributed by atoms with E-state index in [-0.39, 0.29) is 18.0 Å². The lowest BCUT2D eigenvalue weighted by Crippen LogP contribution is -2.46. The fraction of sp³-hybridized carbons (Fsp3) is 0.550. The number of piperidine rings is 1. The molecule has 6 heteroatoms. The molecule has 1 fully saturated rings. The van der Waals surface area contributed by atoms with Crippen LogP contribution < -0.4 is 5.32 Å². The highest BCUT2D eigenvalue weighted by atomic mass is 16.2. The minimum absolute atomic E-state index is 0.0769. The summed E-state index contributed by atoms with van der Waals surface area (Å²) in [5, 5.41) is 3.23. The number of imidazole rings is 1. The highest BCUT2D eigenvalue weighted by Crippen LogP contribution is 2.18. The van der Waals surface area contributed by atoms with E-state index in [0.717, 1.165) is 44.0 Å². The number of rotatable bonds is 6. The minimum atomic E-state index is -0.235. The zero-order valence-corrected chi connectivity index (χ0v) is 15.9. The van der Waals surface area contributed by atoms with E-state index >= 15 is 0 Å². The van der Waals surface area contributed by atoms with Crippen LogP contribution in [0.2, 0.25) is 0 Å². The molecule has 0 bridgehead atoms. The average molecular weight is 355 g/mol. The predicted octanol–water partition coefficient (Wildman–Crippen LogP) is 2.74. The molecule has 26 heavy (non-hydrogen) atoms. The second-order valence-corrected chi connectivity index (χ2v) is 7.40. The van der Waals surface area contributed by atoms with E-state index in [2.05, 4.69) is 40.1 Å². The van der Waals surface area contributed by atoms with Gasteiger partial charge < -0.3 is 9.88 Å². The molecular weight excluding hydrogens is 326 g/mol. The molecule has 1 amide bonds. The third-order valence-corrected chi connectivity index (χ3v) is 5.06. The lowest BCUT2D eigenvalue weighted by Gasteiger charge is -2.32. The fourth-order valence-electron chi connectivity index (χ4n) is 3.50. The first kappa shape index (κ1) is 18.6. The van der Waals surface area contributed by atoms with Crippen molar-refractivity contribution in [3.63, 3.8) is 0 Å². The molecule has 2 aromatic heterocycles. The Labute approximate surface area is 155 Å². The van der Waals surface area contributed by atoms with Gasteiger partial charge in [0.25, 0.3) is 0 Å². The Balaban J connectivity index is 1.49. The smallest absolute Gasteiger partial charge is 0.243 e. The van der Waals surface area contributed by atoms with Crippen molar-refractivity contribution in [2.45, 2.75) is 58.2 Å². The van der Waals surface area contributed by atoms with Gasteiger partial charge in [-0.3, -0.25) is 14.7 Å². The monoisotopic (exact) mass is 355 g/mol. The van der Waals surface area contributed by atoms with E-state index in [4.69, 9.17) is 0 Å². The molecule has 1 aliphatic rings. The van der Waals surface area contributed by atoms with Gasteiger partial charge in [0.05, 0.1) is 5.69 Å². The van der Waals surface area contributed by atoms with Crippen molar-refractivity contribution in [3.05, 3.63) is 48.3 Å². The molecule has 0 aliphatic carbocycles. The molecule has 6 nitrogen and oxygen atoms in total. The molecule has 2 aromatic rings. The number of likely N-dealkylation sites (tertiary alicyclic amines) is 1. The molecule has 0 spiro atoms. The minimum Gasteiger partial charge on any atom is -0.351 e. The summed E-state index contributed by atoms with van der Waals surface area (Å²) in [7, 11) is 0. The van der Waals surface area contributed by atoms with E-state index in [0.29, 0.717) is 5.92 Å². The highest BCUT2D eigenvalue weighted by molar-refractivity contribution is 5.80. The van der Waals surface area contributed by atoms with Crippen molar-refractivity contribution >= 4 is 5.91 Å². The normalized spacial score (nSPS) is 17.4. The summed E-state index contributed by atoms with van der Waals surface area (Å²) in [5.41, 5.74) is 1.10. The molecule has 1 N–H and O–H groups in total. The summed E-state index contributed by atoms with van der Waals surface area (Å²) in [6.07, 6.45) is 7.47. The number of nitrogens with zero attached hydrogens (tertiary/aromatic N) is 4. The van der Waals surface area contributed by atoms with Gasteiger partial charge >= 0.3 is 0 Å². The number of nitrogens with one attached hydrogen (secondary N) is 1. The Morgan fingerprint density at radius 2 is 1.96 bits per heavy atom. The zero-order valence-electron chi connectivity index (χ0n) is 15.9. The third kappa shape index (κ3) is 4.49. The SMILES string of the molecule is CC(C)c1nccn1C(C)C(=O)NC1CCN(Cc2ccccn2)CC1. The van der Waals surface area contributed by atoms with Gasteiger partial charge in [0.2, 0.25) is 5.91 Å². The van der Waals surface area contributed by atoms with Gasteiger partial charge in [-0.05, 0) is 31.9 Å². The van der Waals surface area contributed by atoms with Crippen molar-refractivity contribution in [1.29, 1.82) is 0 Å². The fourth-order valence-corrected chi connectivity index (χ4v) is 3.50. The van der Waals surface area contributed by atoms with Gasteiger partial charge in [0.15, 0.2) is 0 Å². The Kier molecular flexibility index (Phi) is 6.04. The van der Waals surface area contributed by atoms with Gasteiger partial charge in [-0.15, -0.1) is 0 Å². The van der Waals surface area contributed by atoms with Crippen molar-refractivity contribution in [2.24, 2.45) is 0 Å². The van der Waals surface area contributed by atoms with Gasteiger partial charge in [-0.2, -0.15) is 0 Å². The molecule has 140 valence electrons. The van der Waals surface area contributed by atoms with Gasteiger partial charge in [0, 0.05) is 50.2 Å². The molecule has 1 saturated heterocycles. The standard InChI is InChI=1S/C20H29N5O/c1-15(2)19-22-10-13-25(19)16(3)20(26)23-17-7-11-24(12-8-17)14-18-6-4-5-9-21-18/h4-6,9-10,13,15-17H,7-8,11-12,14H2,1-3H3,(H,23,26). The van der Waals surface area contributed by atoms with Crippen LogP contribution in [0.4, 0.5) is 0 Å². The summed E-state index contributed by atoms with van der Waals surface area (Å²) in [6.45, 7) is 8.99. The van der Waals surface area contributed by atoms with Crippen LogP contribution in [0.3, 0.4) is 0 Å². The van der Waals surface area contributed by atoms with Gasteiger partial charge in [-0.25, -0.2) is 4.98 Å². The molecule has 0 radical (unpaired) electrons. The van der Waals surface area contributed by atoms with Crippen molar-refractivity contribution in [1.82, 2.24) is 24.8 Å². The van der Waals surface area contributed by atoms with Crippen LogP contribution >= 0.6 is 0 Å². The first-order valence-corrected chi connectivity index (χ1v) is 9.50. The second kappa shape index (κ2) is 8.45. The number of carbonyl (C=O) groups is 1. The summed E-state index contributed by atoms with van der Waals surface area (Å²) < 4.78 is 1.98. The van der Waals surface area contributed by atoms with Crippen molar-refractivity contribution in [3.8, 4) is 0 Å². The summed E-state index contributed by atoms with van der Waals surface area (Å²) in [4.78, 5) is 23.9. The molecule has 1 unspecified atom stereocenters. The second-order valence-electron chi connectivity index (χ2n) is 7.40. The van der Waals surface area contributed by atoms with Crippen molar-refractivity contribution in [2.75, 3.05) is 13.1 Å². The Morgan fingerprint density at radius 1 is 1.19 bits per heavy atom. The largest absolute Gasteiger partial charge is 0.351 e. The number of hydrogen-bond acceptors (Lipinski definition) is 4. The predicted molar refractivity (Wildman–Crippen MR) is 102 cm³/mol. The van der Waals surface area contributed by atoms with Crippen molar-refractivity contribution < 1.29 is 4.79 Å². The lowest BCUT2D eigenvalue weighted by atomic mass is 10.0. The highest BCUT2D eigenvalue weighted by Gasteiger charge is 2.25. The Hall–Kier alpha value is -2.21. The van der Waals surface area contributed by atoms with Gasteiger partial charge in [0.1, 0.15) is 11.9 Å². The Bertz CT molecular complexity index is 704. The topological polar surface area (TPSA) is 63.1 Å². The maximum Gasteiger partial charge on any atom is 0.243 e. The van der Waals surface area contributed by atoms with Crippen LogP contribution in [0.5, 0.6) is 0 Å². The van der Waals surface area contributed by atoms with Gasteiger partial charge in [-0.1, -0.05) is 19.9 Å². The summed E-state index contributed by atoms with van der Waals surface area (Å²) in [6, 6.07) is 6.04. The van der Waals surface area contributed by atoms with Crippen LogP contribution in [0, 0.1) is 0 Å². The molecule has 0 saturated carbocycles.